The SMILES string of the molecule is COC(=O)c1ncn2c1C(=O)N(c1cc(C)ccc1C)[C@](C)(C(=O)NC1CCCC1)C2. The van der Waals surface area contributed by atoms with Gasteiger partial charge < -0.3 is 14.6 Å². The maximum absolute atomic E-state index is 13.8. The monoisotopic (exact) mass is 424 g/mol. The van der Waals surface area contributed by atoms with Crippen molar-refractivity contribution in [3.8, 4) is 0 Å². The van der Waals surface area contributed by atoms with Crippen molar-refractivity contribution in [1.29, 1.82) is 0 Å². The van der Waals surface area contributed by atoms with E-state index in [0.717, 1.165) is 36.8 Å². The van der Waals surface area contributed by atoms with Crippen LogP contribution in [-0.4, -0.2) is 46.0 Å². The summed E-state index contributed by atoms with van der Waals surface area (Å²) in [5.74, 6) is -1.32. The lowest BCUT2D eigenvalue weighted by molar-refractivity contribution is -0.127. The molecule has 1 aliphatic heterocycles. The summed E-state index contributed by atoms with van der Waals surface area (Å²) in [6, 6.07) is 5.92. The fraction of sp³-hybridized carbons (Fsp3) is 0.478. The zero-order chi connectivity index (χ0) is 22.3. The number of amides is 2. The van der Waals surface area contributed by atoms with E-state index in [1.807, 2.05) is 32.0 Å². The van der Waals surface area contributed by atoms with Gasteiger partial charge in [-0.05, 0) is 50.8 Å². The normalized spacial score (nSPS) is 21.2. The molecule has 2 amide bonds. The minimum atomic E-state index is -1.18. The van der Waals surface area contributed by atoms with E-state index in [4.69, 9.17) is 4.74 Å². The van der Waals surface area contributed by atoms with Crippen LogP contribution in [0.5, 0.6) is 0 Å². The van der Waals surface area contributed by atoms with E-state index in [9.17, 15) is 14.4 Å². The third-order valence-corrected chi connectivity index (χ3v) is 6.38. The molecule has 1 fully saturated rings. The van der Waals surface area contributed by atoms with E-state index < -0.39 is 17.4 Å². The summed E-state index contributed by atoms with van der Waals surface area (Å²) in [5, 5.41) is 3.16. The average molecular weight is 425 g/mol. The first-order valence-corrected chi connectivity index (χ1v) is 10.6. The van der Waals surface area contributed by atoms with Crippen LogP contribution in [0.25, 0.3) is 0 Å². The molecule has 2 aliphatic rings. The van der Waals surface area contributed by atoms with Crippen molar-refractivity contribution in [3.63, 3.8) is 0 Å². The number of nitrogens with one attached hydrogen (secondary N) is 1. The van der Waals surface area contributed by atoms with Gasteiger partial charge in [0, 0.05) is 11.7 Å². The lowest BCUT2D eigenvalue weighted by atomic mass is 9.91. The molecule has 4 rings (SSSR count). The van der Waals surface area contributed by atoms with Gasteiger partial charge in [-0.25, -0.2) is 9.78 Å². The largest absolute Gasteiger partial charge is 0.464 e. The van der Waals surface area contributed by atoms with Crippen LogP contribution < -0.4 is 10.2 Å². The maximum Gasteiger partial charge on any atom is 0.359 e. The number of methoxy groups -OCH3 is 1. The van der Waals surface area contributed by atoms with Crippen LogP contribution in [0, 0.1) is 13.8 Å². The van der Waals surface area contributed by atoms with Gasteiger partial charge in [0.25, 0.3) is 5.91 Å². The molecule has 0 bridgehead atoms. The van der Waals surface area contributed by atoms with Crippen molar-refractivity contribution >= 4 is 23.5 Å². The van der Waals surface area contributed by atoms with Crippen LogP contribution in [-0.2, 0) is 16.1 Å². The smallest absolute Gasteiger partial charge is 0.359 e. The molecule has 1 N–H and O–H groups in total. The highest BCUT2D eigenvalue weighted by atomic mass is 16.5. The number of nitrogens with zero attached hydrogens (tertiary/aromatic N) is 3. The summed E-state index contributed by atoms with van der Waals surface area (Å²) in [6.45, 7) is 5.81. The Kier molecular flexibility index (Phi) is 5.33. The number of benzene rings is 1. The molecule has 2 heterocycles. The van der Waals surface area contributed by atoms with Gasteiger partial charge in [0.1, 0.15) is 11.2 Å². The highest BCUT2D eigenvalue weighted by Gasteiger charge is 2.50. The van der Waals surface area contributed by atoms with E-state index >= 15 is 0 Å². The summed E-state index contributed by atoms with van der Waals surface area (Å²) in [6.07, 6.45) is 5.51. The van der Waals surface area contributed by atoms with Crippen molar-refractivity contribution in [1.82, 2.24) is 14.9 Å². The first-order valence-electron chi connectivity index (χ1n) is 10.6. The Morgan fingerprint density at radius 1 is 1.23 bits per heavy atom. The zero-order valence-electron chi connectivity index (χ0n) is 18.4. The number of ether oxygens (including phenoxy) is 1. The van der Waals surface area contributed by atoms with Crippen molar-refractivity contribution in [2.24, 2.45) is 0 Å². The fourth-order valence-corrected chi connectivity index (χ4v) is 4.62. The number of anilines is 1. The lowest BCUT2D eigenvalue weighted by Gasteiger charge is -2.44. The number of hydrogen-bond donors (Lipinski definition) is 1. The minimum Gasteiger partial charge on any atom is -0.464 e. The standard InChI is InChI=1S/C23H28N4O4/c1-14-9-10-15(2)17(11-14)27-20(28)19-18(21(29)31-4)24-13-26(19)12-23(27,3)22(30)25-16-7-5-6-8-16/h9-11,13,16H,5-8,12H2,1-4H3,(H,25,30)/t23-/m0/s1. The Bertz CT molecular complexity index is 1050. The molecule has 31 heavy (non-hydrogen) atoms. The van der Waals surface area contributed by atoms with E-state index in [0.29, 0.717) is 5.69 Å². The maximum atomic E-state index is 13.8. The Morgan fingerprint density at radius 3 is 2.61 bits per heavy atom. The number of esters is 1. The van der Waals surface area contributed by atoms with Gasteiger partial charge in [0.15, 0.2) is 5.69 Å². The zero-order valence-corrected chi connectivity index (χ0v) is 18.4. The number of carbonyl (C=O) groups excluding carboxylic acids is 3. The lowest BCUT2D eigenvalue weighted by Crippen LogP contribution is -2.65. The molecule has 0 unspecified atom stereocenters. The quantitative estimate of drug-likeness (QED) is 0.762. The van der Waals surface area contributed by atoms with Crippen LogP contribution in [0.15, 0.2) is 24.5 Å². The number of aryl methyl sites for hydroxylation is 2. The molecule has 1 saturated carbocycles. The number of imidazole rings is 1. The highest BCUT2D eigenvalue weighted by Crippen LogP contribution is 2.36. The Labute approximate surface area is 181 Å². The van der Waals surface area contributed by atoms with Gasteiger partial charge >= 0.3 is 5.97 Å². The van der Waals surface area contributed by atoms with Crippen LogP contribution in [0.2, 0.25) is 0 Å². The first-order chi connectivity index (χ1) is 14.8. The Morgan fingerprint density at radius 2 is 1.94 bits per heavy atom. The molecule has 164 valence electrons. The molecule has 8 nitrogen and oxygen atoms in total. The van der Waals surface area contributed by atoms with Gasteiger partial charge in [0.2, 0.25) is 5.91 Å². The van der Waals surface area contributed by atoms with E-state index in [1.54, 1.807) is 11.5 Å². The molecular weight excluding hydrogens is 396 g/mol. The molecule has 0 saturated heterocycles. The van der Waals surface area contributed by atoms with Crippen molar-refractivity contribution in [3.05, 3.63) is 47.0 Å². The van der Waals surface area contributed by atoms with Crippen LogP contribution in [0.4, 0.5) is 5.69 Å². The minimum absolute atomic E-state index is 0.0407. The molecule has 1 aromatic carbocycles. The van der Waals surface area contributed by atoms with Gasteiger partial charge in [-0.3, -0.25) is 14.5 Å². The van der Waals surface area contributed by atoms with Crippen LogP contribution in [0.3, 0.4) is 0 Å². The molecule has 1 aliphatic carbocycles. The average Bonchev–Trinajstić information content (AvgIpc) is 3.39. The highest BCUT2D eigenvalue weighted by molar-refractivity contribution is 6.15. The second kappa shape index (κ2) is 7.83. The van der Waals surface area contributed by atoms with Crippen molar-refractivity contribution in [2.75, 3.05) is 12.0 Å². The Balaban J connectivity index is 1.84. The fourth-order valence-electron chi connectivity index (χ4n) is 4.62. The second-order valence-electron chi connectivity index (χ2n) is 8.72. The summed E-state index contributed by atoms with van der Waals surface area (Å²) >= 11 is 0. The molecule has 0 spiro atoms. The predicted molar refractivity (Wildman–Crippen MR) is 115 cm³/mol. The predicted octanol–water partition coefficient (Wildman–Crippen LogP) is 2.76. The second-order valence-corrected chi connectivity index (χ2v) is 8.72. The summed E-state index contributed by atoms with van der Waals surface area (Å²) in [5.41, 5.74) is 1.40. The number of fused-ring (bicyclic) bond motifs is 1. The number of aromatic nitrogens is 2. The van der Waals surface area contributed by atoms with Crippen molar-refractivity contribution < 1.29 is 19.1 Å². The van der Waals surface area contributed by atoms with Crippen molar-refractivity contribution in [2.45, 2.75) is 64.6 Å². The van der Waals surface area contributed by atoms with E-state index in [-0.39, 0.29) is 29.9 Å². The summed E-state index contributed by atoms with van der Waals surface area (Å²) in [7, 11) is 1.25. The third-order valence-electron chi connectivity index (χ3n) is 6.38. The van der Waals surface area contributed by atoms with E-state index in [1.165, 1.54) is 18.3 Å². The summed E-state index contributed by atoms with van der Waals surface area (Å²) in [4.78, 5) is 45.3. The van der Waals surface area contributed by atoms with Crippen LogP contribution >= 0.6 is 0 Å². The van der Waals surface area contributed by atoms with Gasteiger partial charge in [-0.2, -0.15) is 0 Å². The van der Waals surface area contributed by atoms with E-state index in [2.05, 4.69) is 10.3 Å². The van der Waals surface area contributed by atoms with Gasteiger partial charge in [0.05, 0.1) is 20.0 Å². The number of carbonyl (C=O) groups is 3. The number of rotatable bonds is 4. The van der Waals surface area contributed by atoms with Gasteiger partial charge in [-0.15, -0.1) is 0 Å². The molecule has 8 heteroatoms. The Hall–Kier alpha value is -3.16. The van der Waals surface area contributed by atoms with Crippen LogP contribution in [0.1, 0.15) is 64.7 Å². The van der Waals surface area contributed by atoms with Gasteiger partial charge in [-0.1, -0.05) is 25.0 Å². The summed E-state index contributed by atoms with van der Waals surface area (Å²) < 4.78 is 6.40. The molecule has 0 radical (unpaired) electrons. The topological polar surface area (TPSA) is 93.5 Å². The molecular formula is C23H28N4O4. The molecule has 1 atom stereocenters. The third kappa shape index (κ3) is 3.49. The first kappa shape index (κ1) is 21.1. The molecule has 1 aromatic heterocycles. The number of hydrogen-bond acceptors (Lipinski definition) is 5. The molecule has 2 aromatic rings.